The number of nitrogens with zero attached hydrogens (tertiary/aromatic N) is 3. The molecule has 0 saturated heterocycles. The highest BCUT2D eigenvalue weighted by Gasteiger charge is 2.22. The largest absolute Gasteiger partial charge is 0.461 e. The Morgan fingerprint density at radius 3 is 2.30 bits per heavy atom. The highest BCUT2D eigenvalue weighted by atomic mass is 16.5. The summed E-state index contributed by atoms with van der Waals surface area (Å²) in [6.07, 6.45) is 1.22. The zero-order chi connectivity index (χ0) is 15.2. The second-order valence-corrected chi connectivity index (χ2v) is 4.86. The van der Waals surface area contributed by atoms with E-state index < -0.39 is 5.60 Å². The number of anilines is 2. The Bertz CT molecular complexity index is 422. The first-order valence-corrected chi connectivity index (χ1v) is 6.78. The van der Waals surface area contributed by atoms with Crippen molar-refractivity contribution >= 4 is 11.9 Å². The molecule has 0 amide bonds. The van der Waals surface area contributed by atoms with Crippen molar-refractivity contribution in [1.29, 1.82) is 0 Å². The van der Waals surface area contributed by atoms with E-state index in [1.165, 1.54) is 0 Å². The molecular weight excluding hydrogens is 260 g/mol. The molecule has 8 nitrogen and oxygen atoms in total. The van der Waals surface area contributed by atoms with Gasteiger partial charge in [-0.05, 0) is 26.7 Å². The van der Waals surface area contributed by atoms with Crippen molar-refractivity contribution in [3.8, 4) is 6.01 Å². The molecule has 5 N–H and O–H groups in total. The fraction of sp³-hybridized carbons (Fsp3) is 0.750. The molecule has 8 heteroatoms. The second kappa shape index (κ2) is 7.20. The average Bonchev–Trinajstić information content (AvgIpc) is 2.43. The third-order valence-electron chi connectivity index (χ3n) is 2.98. The summed E-state index contributed by atoms with van der Waals surface area (Å²) in [5.41, 5.74) is 1.57. The number of aliphatic hydroxyl groups is 1. The number of aromatic nitrogens is 3. The molecule has 1 rings (SSSR count). The zero-order valence-corrected chi connectivity index (χ0v) is 12.5. The van der Waals surface area contributed by atoms with E-state index in [2.05, 4.69) is 25.7 Å². The minimum atomic E-state index is -0.790. The van der Waals surface area contributed by atoms with Crippen LogP contribution in [0.3, 0.4) is 0 Å². The molecule has 1 aromatic heterocycles. The van der Waals surface area contributed by atoms with Crippen LogP contribution in [0.2, 0.25) is 0 Å². The van der Waals surface area contributed by atoms with Crippen LogP contribution in [0.4, 0.5) is 11.9 Å². The normalized spacial score (nSPS) is 11.6. The number of nitrogens with two attached hydrogens (primary N) is 1. The molecule has 1 heterocycles. The molecule has 114 valence electrons. The lowest BCUT2D eigenvalue weighted by Gasteiger charge is -2.25. The van der Waals surface area contributed by atoms with Gasteiger partial charge in [-0.3, -0.25) is 5.43 Å². The predicted octanol–water partition coefficient (Wildman–Crippen LogP) is 0.907. The predicted molar refractivity (Wildman–Crippen MR) is 77.4 cm³/mol. The Labute approximate surface area is 119 Å². The summed E-state index contributed by atoms with van der Waals surface area (Å²) in [4.78, 5) is 12.2. The van der Waals surface area contributed by atoms with Crippen LogP contribution >= 0.6 is 0 Å². The molecule has 0 aliphatic heterocycles. The van der Waals surface area contributed by atoms with Gasteiger partial charge in [0.2, 0.25) is 11.9 Å². The maximum Gasteiger partial charge on any atom is 0.323 e. The molecule has 20 heavy (non-hydrogen) atoms. The zero-order valence-electron chi connectivity index (χ0n) is 12.5. The van der Waals surface area contributed by atoms with E-state index in [1.54, 1.807) is 0 Å². The van der Waals surface area contributed by atoms with Crippen LogP contribution in [0, 0.1) is 0 Å². The van der Waals surface area contributed by atoms with Gasteiger partial charge >= 0.3 is 6.01 Å². The monoisotopic (exact) mass is 284 g/mol. The van der Waals surface area contributed by atoms with Crippen LogP contribution in [0.25, 0.3) is 0 Å². The number of rotatable bonds is 8. The second-order valence-electron chi connectivity index (χ2n) is 4.86. The van der Waals surface area contributed by atoms with Crippen LogP contribution in [-0.2, 0) is 0 Å². The van der Waals surface area contributed by atoms with Crippen LogP contribution in [0.1, 0.15) is 40.5 Å². The lowest BCUT2D eigenvalue weighted by molar-refractivity contribution is 0.0455. The first-order chi connectivity index (χ1) is 9.42. The van der Waals surface area contributed by atoms with Gasteiger partial charge in [-0.2, -0.15) is 15.0 Å². The highest BCUT2D eigenvalue weighted by Crippen LogP contribution is 2.17. The fourth-order valence-corrected chi connectivity index (χ4v) is 1.51. The molecule has 0 aliphatic rings. The SMILES string of the molecule is CCC(O)(CC)CNc1nc(NN)nc(OC(C)C)n1. The third-order valence-corrected chi connectivity index (χ3v) is 2.98. The first-order valence-electron chi connectivity index (χ1n) is 6.78. The van der Waals surface area contributed by atoms with E-state index >= 15 is 0 Å². The summed E-state index contributed by atoms with van der Waals surface area (Å²) < 4.78 is 5.42. The molecule has 0 aromatic carbocycles. The minimum Gasteiger partial charge on any atom is -0.461 e. The molecule has 0 unspecified atom stereocenters. The highest BCUT2D eigenvalue weighted by molar-refractivity contribution is 5.35. The molecule has 0 saturated carbocycles. The third kappa shape index (κ3) is 4.78. The Hall–Kier alpha value is -1.67. The van der Waals surface area contributed by atoms with Crippen molar-refractivity contribution in [1.82, 2.24) is 15.0 Å². The van der Waals surface area contributed by atoms with E-state index in [1.807, 2.05) is 27.7 Å². The van der Waals surface area contributed by atoms with Gasteiger partial charge in [0, 0.05) is 6.54 Å². The standard InChI is InChI=1S/C12H24N6O2/c1-5-12(19,6-2)7-14-9-15-10(18-13)17-11(16-9)20-8(3)4/h8,19H,5-7,13H2,1-4H3,(H2,14,15,16,17,18). The van der Waals surface area contributed by atoms with Gasteiger partial charge in [0.05, 0.1) is 11.7 Å². The summed E-state index contributed by atoms with van der Waals surface area (Å²) in [6, 6.07) is 0.182. The summed E-state index contributed by atoms with van der Waals surface area (Å²) in [5.74, 6) is 5.83. The van der Waals surface area contributed by atoms with Crippen molar-refractivity contribution in [2.24, 2.45) is 5.84 Å². The maximum atomic E-state index is 10.2. The van der Waals surface area contributed by atoms with Crippen molar-refractivity contribution < 1.29 is 9.84 Å². The average molecular weight is 284 g/mol. The molecule has 1 aromatic rings. The lowest BCUT2D eigenvalue weighted by atomic mass is 9.98. The summed E-state index contributed by atoms with van der Waals surface area (Å²) in [7, 11) is 0. The Morgan fingerprint density at radius 1 is 1.20 bits per heavy atom. The van der Waals surface area contributed by atoms with E-state index in [0.29, 0.717) is 25.3 Å². The van der Waals surface area contributed by atoms with E-state index in [4.69, 9.17) is 10.6 Å². The van der Waals surface area contributed by atoms with E-state index in [-0.39, 0.29) is 18.1 Å². The Morgan fingerprint density at radius 2 is 1.80 bits per heavy atom. The summed E-state index contributed by atoms with van der Waals surface area (Å²) in [6.45, 7) is 7.95. The van der Waals surface area contributed by atoms with Gasteiger partial charge in [-0.25, -0.2) is 5.84 Å². The maximum absolute atomic E-state index is 10.2. The number of ether oxygens (including phenoxy) is 1. The van der Waals surface area contributed by atoms with E-state index in [9.17, 15) is 5.11 Å². The molecular formula is C12H24N6O2. The fourth-order valence-electron chi connectivity index (χ4n) is 1.51. The minimum absolute atomic E-state index is 0.0564. The van der Waals surface area contributed by atoms with Crippen molar-refractivity contribution in [3.05, 3.63) is 0 Å². The quantitative estimate of drug-likeness (QED) is 0.411. The van der Waals surface area contributed by atoms with E-state index in [0.717, 1.165) is 0 Å². The van der Waals surface area contributed by atoms with Gasteiger partial charge in [0.1, 0.15) is 0 Å². The van der Waals surface area contributed by atoms with Crippen molar-refractivity contribution in [2.45, 2.75) is 52.2 Å². The topological polar surface area (TPSA) is 118 Å². The number of hydrazine groups is 1. The van der Waals surface area contributed by atoms with Gasteiger partial charge in [-0.1, -0.05) is 13.8 Å². The molecule has 0 fully saturated rings. The number of hydrogen-bond donors (Lipinski definition) is 4. The molecule has 0 spiro atoms. The van der Waals surface area contributed by atoms with Crippen LogP contribution in [0.15, 0.2) is 0 Å². The smallest absolute Gasteiger partial charge is 0.323 e. The number of hydrogen-bond acceptors (Lipinski definition) is 8. The summed E-state index contributed by atoms with van der Waals surface area (Å²) >= 11 is 0. The van der Waals surface area contributed by atoms with Crippen molar-refractivity contribution in [3.63, 3.8) is 0 Å². The van der Waals surface area contributed by atoms with Gasteiger partial charge in [0.15, 0.2) is 0 Å². The Balaban J connectivity index is 2.83. The van der Waals surface area contributed by atoms with Crippen molar-refractivity contribution in [2.75, 3.05) is 17.3 Å². The van der Waals surface area contributed by atoms with Crippen LogP contribution in [-0.4, -0.2) is 38.3 Å². The lowest BCUT2D eigenvalue weighted by Crippen LogP contribution is -2.36. The van der Waals surface area contributed by atoms with Gasteiger partial charge < -0.3 is 15.2 Å². The summed E-state index contributed by atoms with van der Waals surface area (Å²) in [5, 5.41) is 13.2. The van der Waals surface area contributed by atoms with Gasteiger partial charge in [0.25, 0.3) is 0 Å². The van der Waals surface area contributed by atoms with Gasteiger partial charge in [-0.15, -0.1) is 0 Å². The molecule has 0 atom stereocenters. The van der Waals surface area contributed by atoms with Crippen LogP contribution < -0.4 is 21.3 Å². The molecule has 0 aliphatic carbocycles. The number of nitrogen functional groups attached to an aromatic ring is 1. The number of nitrogens with one attached hydrogen (secondary N) is 2. The van der Waals surface area contributed by atoms with Crippen LogP contribution in [0.5, 0.6) is 6.01 Å². The molecule has 0 radical (unpaired) electrons. The first kappa shape index (κ1) is 16.4. The Kier molecular flexibility index (Phi) is 5.90. The molecule has 0 bridgehead atoms.